The molecule has 0 aliphatic rings. The molecule has 0 aliphatic heterocycles. The molecular weight excluding hydrogens is 188 g/mol. The summed E-state index contributed by atoms with van der Waals surface area (Å²) < 4.78 is 0. The van der Waals surface area contributed by atoms with E-state index in [1.807, 2.05) is 38.1 Å². The van der Waals surface area contributed by atoms with Gasteiger partial charge in [-0.3, -0.25) is 9.78 Å². The van der Waals surface area contributed by atoms with E-state index in [0.717, 1.165) is 5.56 Å². The summed E-state index contributed by atoms with van der Waals surface area (Å²) in [6, 6.07) is 3.80. The Morgan fingerprint density at radius 3 is 3.07 bits per heavy atom. The van der Waals surface area contributed by atoms with E-state index >= 15 is 0 Å². The van der Waals surface area contributed by atoms with Gasteiger partial charge in [0.25, 0.3) is 0 Å². The number of hydrogen-bond acceptors (Lipinski definition) is 2. The highest BCUT2D eigenvalue weighted by molar-refractivity contribution is 5.79. The van der Waals surface area contributed by atoms with Crippen LogP contribution >= 0.6 is 0 Å². The van der Waals surface area contributed by atoms with Crippen molar-refractivity contribution in [1.29, 1.82) is 0 Å². The van der Waals surface area contributed by atoms with E-state index in [4.69, 9.17) is 0 Å². The van der Waals surface area contributed by atoms with Crippen LogP contribution in [0.4, 0.5) is 0 Å². The van der Waals surface area contributed by atoms with Crippen molar-refractivity contribution in [3.63, 3.8) is 0 Å². The summed E-state index contributed by atoms with van der Waals surface area (Å²) in [7, 11) is 0. The van der Waals surface area contributed by atoms with Gasteiger partial charge in [0, 0.05) is 18.9 Å². The molecule has 3 heteroatoms. The summed E-state index contributed by atoms with van der Waals surface area (Å²) in [5, 5.41) is 2.85. The first-order valence-electron chi connectivity index (χ1n) is 5.03. The number of pyridine rings is 1. The molecule has 0 radical (unpaired) electrons. The van der Waals surface area contributed by atoms with Crippen LogP contribution in [0.1, 0.15) is 19.4 Å². The Bertz CT molecular complexity index is 333. The fraction of sp³-hybridized carbons (Fsp3) is 0.333. The second-order valence-electron chi connectivity index (χ2n) is 3.39. The lowest BCUT2D eigenvalue weighted by molar-refractivity contribution is -0.123. The Morgan fingerprint density at radius 1 is 1.67 bits per heavy atom. The van der Waals surface area contributed by atoms with Crippen LogP contribution in [0, 0.1) is 5.92 Å². The van der Waals surface area contributed by atoms with Gasteiger partial charge in [0.15, 0.2) is 0 Å². The van der Waals surface area contributed by atoms with Crippen LogP contribution in [0.2, 0.25) is 0 Å². The molecule has 1 atom stereocenters. The van der Waals surface area contributed by atoms with Crippen molar-refractivity contribution in [3.8, 4) is 0 Å². The molecule has 1 aromatic heterocycles. The molecule has 1 heterocycles. The number of allylic oxidation sites excluding steroid dienone is 1. The number of nitrogens with one attached hydrogen (secondary N) is 1. The molecule has 1 rings (SSSR count). The zero-order chi connectivity index (χ0) is 11.1. The Labute approximate surface area is 90.2 Å². The summed E-state index contributed by atoms with van der Waals surface area (Å²) in [5.74, 6) is -0.0383. The highest BCUT2D eigenvalue weighted by Gasteiger charge is 2.07. The molecular formula is C12H16N2O. The van der Waals surface area contributed by atoms with Gasteiger partial charge < -0.3 is 5.32 Å². The van der Waals surface area contributed by atoms with Crippen molar-refractivity contribution >= 4 is 5.91 Å². The van der Waals surface area contributed by atoms with Gasteiger partial charge >= 0.3 is 0 Å². The molecule has 0 saturated carbocycles. The van der Waals surface area contributed by atoms with E-state index < -0.39 is 0 Å². The lowest BCUT2D eigenvalue weighted by atomic mass is 10.1. The summed E-state index contributed by atoms with van der Waals surface area (Å²) in [5.41, 5.74) is 1.01. The Hall–Kier alpha value is -1.64. The number of nitrogens with zero attached hydrogens (tertiary/aromatic N) is 1. The number of carbonyl (C=O) groups is 1. The van der Waals surface area contributed by atoms with E-state index in [9.17, 15) is 4.79 Å². The third-order valence-electron chi connectivity index (χ3n) is 2.08. The van der Waals surface area contributed by atoms with Gasteiger partial charge in [-0.25, -0.2) is 0 Å². The van der Waals surface area contributed by atoms with E-state index in [1.54, 1.807) is 12.4 Å². The fourth-order valence-corrected chi connectivity index (χ4v) is 1.23. The normalized spacial score (nSPS) is 12.7. The molecule has 0 saturated heterocycles. The standard InChI is InChI=1S/C12H16N2O/c1-3-5-10(2)12(15)14-9-11-6-4-7-13-8-11/h3-8,10H,9H2,1-2H3,(H,14,15)/b5-3-. The molecule has 15 heavy (non-hydrogen) atoms. The minimum atomic E-state index is -0.0772. The first kappa shape index (κ1) is 11.4. The summed E-state index contributed by atoms with van der Waals surface area (Å²) in [6.07, 6.45) is 7.22. The molecule has 1 N–H and O–H groups in total. The van der Waals surface area contributed by atoms with Crippen LogP contribution in [-0.4, -0.2) is 10.9 Å². The third kappa shape index (κ3) is 3.94. The number of carbonyl (C=O) groups excluding carboxylic acids is 1. The van der Waals surface area contributed by atoms with Gasteiger partial charge in [-0.15, -0.1) is 0 Å². The number of amides is 1. The zero-order valence-electron chi connectivity index (χ0n) is 9.10. The largest absolute Gasteiger partial charge is 0.351 e. The van der Waals surface area contributed by atoms with Gasteiger partial charge in [-0.2, -0.15) is 0 Å². The smallest absolute Gasteiger partial charge is 0.226 e. The van der Waals surface area contributed by atoms with E-state index in [-0.39, 0.29) is 11.8 Å². The first-order chi connectivity index (χ1) is 7.24. The van der Waals surface area contributed by atoms with Gasteiger partial charge in [-0.05, 0) is 18.6 Å². The highest BCUT2D eigenvalue weighted by atomic mass is 16.1. The lowest BCUT2D eigenvalue weighted by Crippen LogP contribution is -2.27. The monoisotopic (exact) mass is 204 g/mol. The second kappa shape index (κ2) is 5.96. The van der Waals surface area contributed by atoms with E-state index in [2.05, 4.69) is 10.3 Å². The van der Waals surface area contributed by atoms with Crippen LogP contribution in [0.25, 0.3) is 0 Å². The van der Waals surface area contributed by atoms with Crippen molar-refractivity contribution < 1.29 is 4.79 Å². The molecule has 1 amide bonds. The van der Waals surface area contributed by atoms with E-state index in [0.29, 0.717) is 6.54 Å². The molecule has 0 fully saturated rings. The number of aromatic nitrogens is 1. The number of rotatable bonds is 4. The lowest BCUT2D eigenvalue weighted by Gasteiger charge is -2.07. The molecule has 80 valence electrons. The average molecular weight is 204 g/mol. The first-order valence-corrected chi connectivity index (χ1v) is 5.03. The maximum absolute atomic E-state index is 11.5. The maximum atomic E-state index is 11.5. The minimum Gasteiger partial charge on any atom is -0.351 e. The Kier molecular flexibility index (Phi) is 4.54. The molecule has 0 aliphatic carbocycles. The third-order valence-corrected chi connectivity index (χ3v) is 2.08. The maximum Gasteiger partial charge on any atom is 0.226 e. The van der Waals surface area contributed by atoms with Crippen LogP contribution < -0.4 is 5.32 Å². The fourth-order valence-electron chi connectivity index (χ4n) is 1.23. The summed E-state index contributed by atoms with van der Waals surface area (Å²) in [4.78, 5) is 15.5. The predicted octanol–water partition coefficient (Wildman–Crippen LogP) is 1.91. The van der Waals surface area contributed by atoms with Crippen LogP contribution in [-0.2, 0) is 11.3 Å². The average Bonchev–Trinajstić information content (AvgIpc) is 2.27. The Balaban J connectivity index is 2.41. The molecule has 0 spiro atoms. The van der Waals surface area contributed by atoms with Gasteiger partial charge in [0.2, 0.25) is 5.91 Å². The molecule has 1 aromatic rings. The van der Waals surface area contributed by atoms with Crippen LogP contribution in [0.3, 0.4) is 0 Å². The van der Waals surface area contributed by atoms with Crippen LogP contribution in [0.5, 0.6) is 0 Å². The van der Waals surface area contributed by atoms with Gasteiger partial charge in [-0.1, -0.05) is 25.1 Å². The Morgan fingerprint density at radius 2 is 2.47 bits per heavy atom. The zero-order valence-corrected chi connectivity index (χ0v) is 9.10. The van der Waals surface area contributed by atoms with Crippen LogP contribution in [0.15, 0.2) is 36.7 Å². The quantitative estimate of drug-likeness (QED) is 0.761. The SMILES string of the molecule is C/C=C\C(C)C(=O)NCc1cccnc1. The highest BCUT2D eigenvalue weighted by Crippen LogP contribution is 1.99. The number of hydrogen-bond donors (Lipinski definition) is 1. The van der Waals surface area contributed by atoms with Crippen molar-refractivity contribution in [2.75, 3.05) is 0 Å². The van der Waals surface area contributed by atoms with Crippen molar-refractivity contribution in [1.82, 2.24) is 10.3 Å². The van der Waals surface area contributed by atoms with E-state index in [1.165, 1.54) is 0 Å². The molecule has 0 bridgehead atoms. The molecule has 0 aromatic carbocycles. The predicted molar refractivity (Wildman–Crippen MR) is 60.1 cm³/mol. The van der Waals surface area contributed by atoms with Gasteiger partial charge in [0.05, 0.1) is 5.92 Å². The van der Waals surface area contributed by atoms with Crippen molar-refractivity contribution in [2.24, 2.45) is 5.92 Å². The summed E-state index contributed by atoms with van der Waals surface area (Å²) in [6.45, 7) is 4.32. The minimum absolute atomic E-state index is 0.0388. The van der Waals surface area contributed by atoms with Gasteiger partial charge in [0.1, 0.15) is 0 Å². The topological polar surface area (TPSA) is 42.0 Å². The van der Waals surface area contributed by atoms with Crippen molar-refractivity contribution in [3.05, 3.63) is 42.2 Å². The second-order valence-corrected chi connectivity index (χ2v) is 3.39. The van der Waals surface area contributed by atoms with Crippen molar-refractivity contribution in [2.45, 2.75) is 20.4 Å². The molecule has 3 nitrogen and oxygen atoms in total. The molecule has 1 unspecified atom stereocenters. The summed E-state index contributed by atoms with van der Waals surface area (Å²) >= 11 is 0.